The van der Waals surface area contributed by atoms with E-state index in [9.17, 15) is 0 Å². The van der Waals surface area contributed by atoms with E-state index in [0.717, 1.165) is 26.2 Å². The zero-order valence-corrected chi connectivity index (χ0v) is 12.8. The van der Waals surface area contributed by atoms with Crippen LogP contribution in [0.1, 0.15) is 34.6 Å². The summed E-state index contributed by atoms with van der Waals surface area (Å²) in [6.07, 6.45) is 4.41. The predicted molar refractivity (Wildman–Crippen MR) is 79.6 cm³/mol. The number of thiophene rings is 1. The lowest BCUT2D eigenvalue weighted by Gasteiger charge is -2.37. The highest BCUT2D eigenvalue weighted by Gasteiger charge is 2.36. The summed E-state index contributed by atoms with van der Waals surface area (Å²) in [7, 11) is 2.01. The van der Waals surface area contributed by atoms with E-state index < -0.39 is 0 Å². The predicted octanol–water partition coefficient (Wildman–Crippen LogP) is 2.53. The third-order valence-electron chi connectivity index (χ3n) is 4.39. The summed E-state index contributed by atoms with van der Waals surface area (Å²) in [5.41, 5.74) is 1.52. The second-order valence-electron chi connectivity index (χ2n) is 5.70. The Morgan fingerprint density at radius 3 is 3.21 bits per heavy atom. The summed E-state index contributed by atoms with van der Waals surface area (Å²) in [6, 6.07) is 3.05. The Labute approximate surface area is 119 Å². The van der Waals surface area contributed by atoms with Crippen molar-refractivity contribution < 1.29 is 4.74 Å². The molecular weight excluding hydrogens is 256 g/mol. The molecule has 1 saturated carbocycles. The van der Waals surface area contributed by atoms with Gasteiger partial charge in [-0.2, -0.15) is 0 Å². The molecule has 19 heavy (non-hydrogen) atoms. The Morgan fingerprint density at radius 2 is 2.37 bits per heavy atom. The molecule has 1 N–H and O–H groups in total. The van der Waals surface area contributed by atoms with E-state index in [-0.39, 0.29) is 0 Å². The van der Waals surface area contributed by atoms with Gasteiger partial charge in [-0.1, -0.05) is 0 Å². The molecule has 1 saturated heterocycles. The van der Waals surface area contributed by atoms with E-state index in [0.29, 0.717) is 12.1 Å². The quantitative estimate of drug-likeness (QED) is 0.917. The fourth-order valence-electron chi connectivity index (χ4n) is 3.43. The van der Waals surface area contributed by atoms with E-state index in [1.807, 2.05) is 18.4 Å². The highest BCUT2D eigenvalue weighted by atomic mass is 32.1. The fraction of sp³-hybridized carbons (Fsp3) is 0.733. The van der Waals surface area contributed by atoms with Gasteiger partial charge in [-0.25, -0.2) is 0 Å². The van der Waals surface area contributed by atoms with E-state index >= 15 is 0 Å². The van der Waals surface area contributed by atoms with Crippen molar-refractivity contribution in [3.8, 4) is 0 Å². The van der Waals surface area contributed by atoms with Crippen LogP contribution in [0.5, 0.6) is 0 Å². The first kappa shape index (κ1) is 13.6. The van der Waals surface area contributed by atoms with Gasteiger partial charge < -0.3 is 10.1 Å². The lowest BCUT2D eigenvalue weighted by Crippen LogP contribution is -2.47. The summed E-state index contributed by atoms with van der Waals surface area (Å²) in [6.45, 7) is 6.36. The van der Waals surface area contributed by atoms with Gasteiger partial charge in [0.1, 0.15) is 0 Å². The molecule has 3 rings (SSSR count). The van der Waals surface area contributed by atoms with Crippen molar-refractivity contribution in [1.29, 1.82) is 0 Å². The maximum atomic E-state index is 5.89. The average molecular weight is 280 g/mol. The number of nitrogens with zero attached hydrogens (tertiary/aromatic N) is 1. The Morgan fingerprint density at radius 1 is 1.47 bits per heavy atom. The molecule has 1 aromatic heterocycles. The molecule has 1 aliphatic heterocycles. The molecule has 0 amide bonds. The van der Waals surface area contributed by atoms with Crippen LogP contribution in [0, 0.1) is 6.92 Å². The third-order valence-corrected chi connectivity index (χ3v) is 5.49. The number of morpholine rings is 1. The van der Waals surface area contributed by atoms with Crippen molar-refractivity contribution in [3.05, 3.63) is 21.4 Å². The molecule has 0 spiro atoms. The maximum absolute atomic E-state index is 5.89. The zero-order chi connectivity index (χ0) is 13.2. The molecule has 2 heterocycles. The lowest BCUT2D eigenvalue weighted by molar-refractivity contribution is -0.0588. The van der Waals surface area contributed by atoms with Crippen LogP contribution in [0.15, 0.2) is 6.07 Å². The maximum Gasteiger partial charge on any atom is 0.0731 e. The van der Waals surface area contributed by atoms with Gasteiger partial charge in [0.25, 0.3) is 0 Å². The van der Waals surface area contributed by atoms with Gasteiger partial charge >= 0.3 is 0 Å². The summed E-state index contributed by atoms with van der Waals surface area (Å²) in [5, 5.41) is 3.24. The van der Waals surface area contributed by atoms with E-state index in [4.69, 9.17) is 4.74 Å². The van der Waals surface area contributed by atoms with Crippen molar-refractivity contribution in [2.45, 2.75) is 51.4 Å². The molecule has 1 aliphatic carbocycles. The number of hydrogen-bond donors (Lipinski definition) is 1. The number of rotatable bonds is 4. The first-order valence-electron chi connectivity index (χ1n) is 7.36. The Hall–Kier alpha value is -0.420. The second-order valence-corrected chi connectivity index (χ2v) is 7.04. The Balaban J connectivity index is 1.69. The fourth-order valence-corrected chi connectivity index (χ4v) is 4.49. The highest BCUT2D eigenvalue weighted by molar-refractivity contribution is 7.12. The van der Waals surface area contributed by atoms with Crippen LogP contribution in [0.3, 0.4) is 0 Å². The number of fused-ring (bicyclic) bond motifs is 1. The number of ether oxygens (including phenoxy) is 1. The van der Waals surface area contributed by atoms with Gasteiger partial charge in [0.15, 0.2) is 0 Å². The molecular formula is C15H24N2OS. The molecule has 0 bridgehead atoms. The van der Waals surface area contributed by atoms with Crippen molar-refractivity contribution in [1.82, 2.24) is 10.2 Å². The van der Waals surface area contributed by atoms with Gasteiger partial charge in [0.2, 0.25) is 0 Å². The van der Waals surface area contributed by atoms with Crippen LogP contribution in [-0.2, 0) is 17.8 Å². The molecule has 2 atom stereocenters. The van der Waals surface area contributed by atoms with Gasteiger partial charge in [-0.05, 0) is 44.9 Å². The van der Waals surface area contributed by atoms with Crippen LogP contribution >= 0.6 is 11.3 Å². The Bertz CT molecular complexity index is 432. The van der Waals surface area contributed by atoms with Crippen molar-refractivity contribution in [3.63, 3.8) is 0 Å². The normalized spacial score (nSPS) is 27.7. The van der Waals surface area contributed by atoms with Crippen LogP contribution in [0.4, 0.5) is 0 Å². The minimum Gasteiger partial charge on any atom is -0.375 e. The van der Waals surface area contributed by atoms with E-state index in [1.54, 1.807) is 0 Å². The standard InChI is InChI=1S/C15H24N2OS/c1-11-12(8-13(19-11)9-16-2)10-17-6-7-18-15-5-3-4-14(15)17/h8,14-16H,3-7,9-10H2,1-2H3. The summed E-state index contributed by atoms with van der Waals surface area (Å²) < 4.78 is 5.89. The van der Waals surface area contributed by atoms with Crippen LogP contribution < -0.4 is 5.32 Å². The molecule has 3 nitrogen and oxygen atoms in total. The SMILES string of the molecule is CNCc1cc(CN2CCOC3CCCC32)c(C)s1. The first-order chi connectivity index (χ1) is 9.28. The molecule has 2 aliphatic rings. The third kappa shape index (κ3) is 2.87. The minimum absolute atomic E-state index is 0.504. The topological polar surface area (TPSA) is 24.5 Å². The molecule has 106 valence electrons. The Kier molecular flexibility index (Phi) is 4.22. The average Bonchev–Trinajstić information content (AvgIpc) is 2.98. The van der Waals surface area contributed by atoms with Crippen LogP contribution in [-0.4, -0.2) is 37.2 Å². The monoisotopic (exact) mass is 280 g/mol. The molecule has 0 aromatic carbocycles. The number of hydrogen-bond acceptors (Lipinski definition) is 4. The first-order valence-corrected chi connectivity index (χ1v) is 8.18. The molecule has 1 aromatic rings. The lowest BCUT2D eigenvalue weighted by atomic mass is 10.1. The number of nitrogens with one attached hydrogen (secondary N) is 1. The minimum atomic E-state index is 0.504. The summed E-state index contributed by atoms with van der Waals surface area (Å²) >= 11 is 1.93. The van der Waals surface area contributed by atoms with E-state index in [2.05, 4.69) is 23.2 Å². The van der Waals surface area contributed by atoms with Crippen LogP contribution in [0.2, 0.25) is 0 Å². The largest absolute Gasteiger partial charge is 0.375 e. The van der Waals surface area contributed by atoms with Gasteiger partial charge in [-0.3, -0.25) is 4.90 Å². The molecule has 4 heteroatoms. The van der Waals surface area contributed by atoms with Gasteiger partial charge in [0.05, 0.1) is 12.7 Å². The molecule has 2 unspecified atom stereocenters. The summed E-state index contributed by atoms with van der Waals surface area (Å²) in [4.78, 5) is 5.58. The zero-order valence-electron chi connectivity index (χ0n) is 11.9. The van der Waals surface area contributed by atoms with Crippen LogP contribution in [0.25, 0.3) is 0 Å². The highest BCUT2D eigenvalue weighted by Crippen LogP contribution is 2.32. The van der Waals surface area contributed by atoms with Crippen molar-refractivity contribution in [2.75, 3.05) is 20.2 Å². The molecule has 2 fully saturated rings. The smallest absolute Gasteiger partial charge is 0.0731 e. The van der Waals surface area contributed by atoms with Gasteiger partial charge in [-0.15, -0.1) is 11.3 Å². The number of aryl methyl sites for hydroxylation is 1. The van der Waals surface area contributed by atoms with Gasteiger partial charge in [0, 0.05) is 35.4 Å². The van der Waals surface area contributed by atoms with Crippen molar-refractivity contribution >= 4 is 11.3 Å². The van der Waals surface area contributed by atoms with Crippen molar-refractivity contribution in [2.24, 2.45) is 0 Å². The molecule has 0 radical (unpaired) electrons. The second kappa shape index (κ2) is 5.92. The summed E-state index contributed by atoms with van der Waals surface area (Å²) in [5.74, 6) is 0. The van der Waals surface area contributed by atoms with E-state index in [1.165, 1.54) is 34.6 Å².